The predicted molar refractivity (Wildman–Crippen MR) is 88.6 cm³/mol. The monoisotopic (exact) mass is 265 g/mol. The van der Waals surface area contributed by atoms with Crippen LogP contribution in [0.15, 0.2) is 23.8 Å². The fourth-order valence-electron chi connectivity index (χ4n) is 2.64. The summed E-state index contributed by atoms with van der Waals surface area (Å²) in [6, 6.07) is 0. The first-order valence-electron chi connectivity index (χ1n) is 8.30. The van der Waals surface area contributed by atoms with Crippen molar-refractivity contribution in [2.24, 2.45) is 5.92 Å². The molecular formula is C18H35N. The van der Waals surface area contributed by atoms with Crippen LogP contribution in [-0.4, -0.2) is 24.5 Å². The lowest BCUT2D eigenvalue weighted by Crippen LogP contribution is -2.34. The molecule has 1 rings (SSSR count). The molecule has 1 nitrogen and oxygen atoms in total. The van der Waals surface area contributed by atoms with Gasteiger partial charge < -0.3 is 0 Å². The second-order valence-electron chi connectivity index (χ2n) is 5.23. The summed E-state index contributed by atoms with van der Waals surface area (Å²) in [5.41, 5.74) is 1.46. The van der Waals surface area contributed by atoms with Crippen LogP contribution < -0.4 is 0 Å². The molecule has 0 aromatic heterocycles. The van der Waals surface area contributed by atoms with Crippen LogP contribution in [0.25, 0.3) is 0 Å². The molecule has 1 fully saturated rings. The molecular weight excluding hydrogens is 230 g/mol. The standard InChI is InChI=1S/C16H29N.C2H6/c1-4-7-9-16-10-12-17(13-11-16)14-15(6-3)8-5-2;1-2/h5-6,8,16H,4,7,9-14H2,1-3H3;1-2H3/b8-5-,15-6+;. The maximum absolute atomic E-state index is 2.61. The number of piperidine rings is 1. The van der Waals surface area contributed by atoms with E-state index in [1.54, 1.807) is 0 Å². The van der Waals surface area contributed by atoms with Crippen molar-refractivity contribution in [1.29, 1.82) is 0 Å². The molecule has 0 aromatic carbocycles. The van der Waals surface area contributed by atoms with Crippen molar-refractivity contribution in [1.82, 2.24) is 4.90 Å². The molecule has 1 aliphatic heterocycles. The highest BCUT2D eigenvalue weighted by molar-refractivity contribution is 5.19. The van der Waals surface area contributed by atoms with Gasteiger partial charge in [-0.25, -0.2) is 0 Å². The van der Waals surface area contributed by atoms with Crippen molar-refractivity contribution in [2.75, 3.05) is 19.6 Å². The zero-order chi connectivity index (χ0) is 14.5. The normalized spacial score (nSPS) is 18.5. The minimum absolute atomic E-state index is 1.00. The third-order valence-corrected chi connectivity index (χ3v) is 3.83. The SMILES string of the molecule is C/C=C\C(=C/C)CN1CCC(CCCC)CC1.CC. The lowest BCUT2D eigenvalue weighted by Gasteiger charge is -2.32. The molecule has 112 valence electrons. The van der Waals surface area contributed by atoms with Gasteiger partial charge in [0.05, 0.1) is 0 Å². The number of nitrogens with zero attached hydrogens (tertiary/aromatic N) is 1. The first-order chi connectivity index (χ1) is 9.30. The quantitative estimate of drug-likeness (QED) is 0.578. The second kappa shape index (κ2) is 12.5. The summed E-state index contributed by atoms with van der Waals surface area (Å²) in [6.45, 7) is 14.3. The highest BCUT2D eigenvalue weighted by atomic mass is 15.1. The van der Waals surface area contributed by atoms with Crippen LogP contribution in [0.2, 0.25) is 0 Å². The van der Waals surface area contributed by atoms with Crippen LogP contribution >= 0.6 is 0 Å². The van der Waals surface area contributed by atoms with Gasteiger partial charge in [0.15, 0.2) is 0 Å². The number of hydrogen-bond donors (Lipinski definition) is 0. The smallest absolute Gasteiger partial charge is 0.0230 e. The van der Waals surface area contributed by atoms with Crippen molar-refractivity contribution in [3.63, 3.8) is 0 Å². The zero-order valence-corrected chi connectivity index (χ0v) is 13.9. The molecule has 0 unspecified atom stereocenters. The van der Waals surface area contributed by atoms with Gasteiger partial charge in [-0.3, -0.25) is 4.90 Å². The van der Waals surface area contributed by atoms with Gasteiger partial charge in [0, 0.05) is 6.54 Å². The minimum atomic E-state index is 1.00. The Morgan fingerprint density at radius 1 is 1.16 bits per heavy atom. The summed E-state index contributed by atoms with van der Waals surface area (Å²) in [6.07, 6.45) is 13.7. The highest BCUT2D eigenvalue weighted by Gasteiger charge is 2.18. The number of unbranched alkanes of at least 4 members (excludes halogenated alkanes) is 1. The largest absolute Gasteiger partial charge is 0.299 e. The van der Waals surface area contributed by atoms with E-state index in [1.807, 2.05) is 13.8 Å². The van der Waals surface area contributed by atoms with Crippen molar-refractivity contribution < 1.29 is 0 Å². The Kier molecular flexibility index (Phi) is 12.1. The molecule has 0 atom stereocenters. The number of hydrogen-bond acceptors (Lipinski definition) is 1. The van der Waals surface area contributed by atoms with Crippen LogP contribution in [0, 0.1) is 5.92 Å². The van der Waals surface area contributed by atoms with Crippen LogP contribution in [0.4, 0.5) is 0 Å². The summed E-state index contributed by atoms with van der Waals surface area (Å²) < 4.78 is 0. The van der Waals surface area contributed by atoms with Gasteiger partial charge in [0.25, 0.3) is 0 Å². The van der Waals surface area contributed by atoms with Crippen LogP contribution in [0.3, 0.4) is 0 Å². The third-order valence-electron chi connectivity index (χ3n) is 3.83. The van der Waals surface area contributed by atoms with E-state index < -0.39 is 0 Å². The Morgan fingerprint density at radius 3 is 2.26 bits per heavy atom. The molecule has 0 aliphatic carbocycles. The van der Waals surface area contributed by atoms with Gasteiger partial charge in [-0.15, -0.1) is 0 Å². The zero-order valence-electron chi connectivity index (χ0n) is 13.9. The molecule has 0 spiro atoms. The van der Waals surface area contributed by atoms with Crippen molar-refractivity contribution in [3.8, 4) is 0 Å². The minimum Gasteiger partial charge on any atom is -0.299 e. The topological polar surface area (TPSA) is 3.24 Å². The van der Waals surface area contributed by atoms with Gasteiger partial charge in [0.1, 0.15) is 0 Å². The van der Waals surface area contributed by atoms with Crippen molar-refractivity contribution in [3.05, 3.63) is 23.8 Å². The number of allylic oxidation sites excluding steroid dienone is 2. The average Bonchev–Trinajstić information content (AvgIpc) is 2.48. The Balaban J connectivity index is 0.00000154. The Hall–Kier alpha value is -0.560. The maximum Gasteiger partial charge on any atom is 0.0230 e. The van der Waals surface area contributed by atoms with Gasteiger partial charge in [-0.05, 0) is 51.3 Å². The molecule has 0 radical (unpaired) electrons. The highest BCUT2D eigenvalue weighted by Crippen LogP contribution is 2.23. The van der Waals surface area contributed by atoms with E-state index in [4.69, 9.17) is 0 Å². The van der Waals surface area contributed by atoms with Gasteiger partial charge in [-0.1, -0.05) is 58.3 Å². The summed E-state index contributed by atoms with van der Waals surface area (Å²) in [4.78, 5) is 2.61. The van der Waals surface area contributed by atoms with E-state index in [-0.39, 0.29) is 0 Å². The summed E-state index contributed by atoms with van der Waals surface area (Å²) in [5.74, 6) is 1.00. The van der Waals surface area contributed by atoms with Crippen LogP contribution in [0.5, 0.6) is 0 Å². The summed E-state index contributed by atoms with van der Waals surface area (Å²) in [7, 11) is 0. The third kappa shape index (κ3) is 8.26. The van der Waals surface area contributed by atoms with Crippen molar-refractivity contribution >= 4 is 0 Å². The van der Waals surface area contributed by atoms with E-state index in [0.29, 0.717) is 0 Å². The molecule has 1 heteroatoms. The van der Waals surface area contributed by atoms with Crippen molar-refractivity contribution in [2.45, 2.75) is 66.7 Å². The van der Waals surface area contributed by atoms with E-state index >= 15 is 0 Å². The van der Waals surface area contributed by atoms with E-state index in [2.05, 4.69) is 43.9 Å². The number of likely N-dealkylation sites (tertiary alicyclic amines) is 1. The molecule has 0 bridgehead atoms. The molecule has 1 saturated heterocycles. The molecule has 1 aliphatic rings. The summed E-state index contributed by atoms with van der Waals surface area (Å²) in [5, 5.41) is 0. The van der Waals surface area contributed by atoms with Gasteiger partial charge in [-0.2, -0.15) is 0 Å². The molecule has 0 amide bonds. The van der Waals surface area contributed by atoms with Crippen LogP contribution in [0.1, 0.15) is 66.7 Å². The molecule has 19 heavy (non-hydrogen) atoms. The van der Waals surface area contributed by atoms with E-state index in [0.717, 1.165) is 12.5 Å². The molecule has 1 heterocycles. The average molecular weight is 265 g/mol. The number of rotatable bonds is 6. The molecule has 0 N–H and O–H groups in total. The lowest BCUT2D eigenvalue weighted by molar-refractivity contribution is 0.190. The fourth-order valence-corrected chi connectivity index (χ4v) is 2.64. The Bertz CT molecular complexity index is 244. The maximum atomic E-state index is 2.61. The predicted octanol–water partition coefficient (Wildman–Crippen LogP) is 5.44. The van der Waals surface area contributed by atoms with E-state index in [1.165, 1.54) is 50.8 Å². The van der Waals surface area contributed by atoms with E-state index in [9.17, 15) is 0 Å². The molecule has 0 saturated carbocycles. The Labute approximate surface area is 121 Å². The molecule has 0 aromatic rings. The second-order valence-corrected chi connectivity index (χ2v) is 5.23. The lowest BCUT2D eigenvalue weighted by atomic mass is 9.91. The fraction of sp³-hybridized carbons (Fsp3) is 0.778. The van der Waals surface area contributed by atoms with Gasteiger partial charge >= 0.3 is 0 Å². The summed E-state index contributed by atoms with van der Waals surface area (Å²) >= 11 is 0. The first kappa shape index (κ1) is 18.4. The Morgan fingerprint density at radius 2 is 1.79 bits per heavy atom. The van der Waals surface area contributed by atoms with Crippen LogP contribution in [-0.2, 0) is 0 Å². The first-order valence-corrected chi connectivity index (χ1v) is 8.30. The van der Waals surface area contributed by atoms with Gasteiger partial charge in [0.2, 0.25) is 0 Å².